The van der Waals surface area contributed by atoms with Crippen LogP contribution in [-0.4, -0.2) is 21.3 Å². The second kappa shape index (κ2) is 7.69. The molecule has 1 aliphatic rings. The van der Waals surface area contributed by atoms with Crippen LogP contribution in [0.2, 0.25) is 10.0 Å². The van der Waals surface area contributed by atoms with Crippen LogP contribution < -0.4 is 9.64 Å². The van der Waals surface area contributed by atoms with E-state index >= 15 is 0 Å². The van der Waals surface area contributed by atoms with E-state index in [9.17, 15) is 0 Å². The molecule has 0 amide bonds. The molecule has 4 nitrogen and oxygen atoms in total. The molecule has 1 unspecified atom stereocenters. The third-order valence-corrected chi connectivity index (χ3v) is 5.41. The summed E-state index contributed by atoms with van der Waals surface area (Å²) in [4.78, 5) is 2.34. The van der Waals surface area contributed by atoms with E-state index in [1.165, 1.54) is 31.0 Å². The lowest BCUT2D eigenvalue weighted by Crippen LogP contribution is -2.39. The highest BCUT2D eigenvalue weighted by Crippen LogP contribution is 2.33. The van der Waals surface area contributed by atoms with Gasteiger partial charge in [0.25, 0.3) is 5.88 Å². The van der Waals surface area contributed by atoms with Crippen LogP contribution in [0.3, 0.4) is 0 Å². The molecule has 7 heteroatoms. The lowest BCUT2D eigenvalue weighted by atomic mass is 10.0. The first-order chi connectivity index (χ1) is 11.2. The van der Waals surface area contributed by atoms with E-state index in [0.717, 1.165) is 24.3 Å². The van der Waals surface area contributed by atoms with Crippen molar-refractivity contribution in [1.29, 1.82) is 0 Å². The molecule has 1 atom stereocenters. The number of anilines is 1. The Morgan fingerprint density at radius 2 is 2.13 bits per heavy atom. The zero-order chi connectivity index (χ0) is 16.2. The minimum absolute atomic E-state index is 0.403. The van der Waals surface area contributed by atoms with Crippen LogP contribution in [0.15, 0.2) is 18.2 Å². The SMILES string of the molecule is CCC1CCCCN1c1nsnc1OCc1ccc(Cl)c(Cl)c1. The van der Waals surface area contributed by atoms with E-state index in [2.05, 4.69) is 20.6 Å². The highest BCUT2D eigenvalue weighted by Gasteiger charge is 2.26. The number of rotatable bonds is 5. The molecule has 0 saturated carbocycles. The van der Waals surface area contributed by atoms with Gasteiger partial charge >= 0.3 is 0 Å². The molecule has 1 fully saturated rings. The lowest BCUT2D eigenvalue weighted by molar-refractivity contribution is 0.295. The van der Waals surface area contributed by atoms with E-state index in [1.54, 1.807) is 6.07 Å². The predicted octanol–water partition coefficient (Wildman–Crippen LogP) is 5.19. The summed E-state index contributed by atoms with van der Waals surface area (Å²) in [6.07, 6.45) is 4.80. The van der Waals surface area contributed by atoms with Crippen molar-refractivity contribution < 1.29 is 4.74 Å². The average molecular weight is 372 g/mol. The maximum Gasteiger partial charge on any atom is 0.271 e. The van der Waals surface area contributed by atoms with Crippen LogP contribution in [0, 0.1) is 0 Å². The fraction of sp³-hybridized carbons (Fsp3) is 0.500. The van der Waals surface area contributed by atoms with Gasteiger partial charge in [0.2, 0.25) is 5.82 Å². The first-order valence-corrected chi connectivity index (χ1v) is 9.33. The van der Waals surface area contributed by atoms with Crippen LogP contribution >= 0.6 is 34.9 Å². The Kier molecular flexibility index (Phi) is 5.62. The molecule has 1 aromatic carbocycles. The number of piperidine rings is 1. The molecule has 0 N–H and O–H groups in total. The molecule has 1 saturated heterocycles. The number of aromatic nitrogens is 2. The molecule has 124 valence electrons. The summed E-state index contributed by atoms with van der Waals surface area (Å²) in [5, 5.41) is 1.08. The van der Waals surface area contributed by atoms with Crippen LogP contribution in [0.5, 0.6) is 5.88 Å². The Balaban J connectivity index is 1.71. The summed E-state index contributed by atoms with van der Waals surface area (Å²) >= 11 is 13.2. The Morgan fingerprint density at radius 1 is 1.26 bits per heavy atom. The molecule has 1 aliphatic heterocycles. The monoisotopic (exact) mass is 371 g/mol. The molecular weight excluding hydrogens is 353 g/mol. The van der Waals surface area contributed by atoms with E-state index in [-0.39, 0.29) is 0 Å². The minimum atomic E-state index is 0.403. The van der Waals surface area contributed by atoms with Crippen molar-refractivity contribution in [2.24, 2.45) is 0 Å². The second-order valence-corrected chi connectivity index (χ2v) is 7.02. The van der Waals surface area contributed by atoms with Crippen LogP contribution in [-0.2, 0) is 6.61 Å². The van der Waals surface area contributed by atoms with E-state index < -0.39 is 0 Å². The zero-order valence-electron chi connectivity index (χ0n) is 13.0. The smallest absolute Gasteiger partial charge is 0.271 e. The van der Waals surface area contributed by atoms with E-state index in [1.807, 2.05) is 12.1 Å². The summed E-state index contributed by atoms with van der Waals surface area (Å²) in [6, 6.07) is 6.03. The van der Waals surface area contributed by atoms with Gasteiger partial charge in [-0.3, -0.25) is 0 Å². The fourth-order valence-electron chi connectivity index (χ4n) is 2.93. The van der Waals surface area contributed by atoms with Gasteiger partial charge in [-0.05, 0) is 43.4 Å². The summed E-state index contributed by atoms with van der Waals surface area (Å²) in [5.41, 5.74) is 0.962. The van der Waals surface area contributed by atoms with E-state index in [4.69, 9.17) is 27.9 Å². The molecule has 23 heavy (non-hydrogen) atoms. The standard InChI is InChI=1S/C16H19Cl2N3OS/c1-2-12-5-3-4-8-21(12)15-16(20-23-19-15)22-10-11-6-7-13(17)14(18)9-11/h6-7,9,12H,2-5,8,10H2,1H3. The largest absolute Gasteiger partial charge is 0.470 e. The number of ether oxygens (including phenoxy) is 1. The van der Waals surface area contributed by atoms with Gasteiger partial charge in [0.15, 0.2) is 0 Å². The van der Waals surface area contributed by atoms with Crippen molar-refractivity contribution in [3.8, 4) is 5.88 Å². The van der Waals surface area contributed by atoms with Crippen molar-refractivity contribution in [3.63, 3.8) is 0 Å². The second-order valence-electron chi connectivity index (χ2n) is 5.68. The highest BCUT2D eigenvalue weighted by atomic mass is 35.5. The first-order valence-electron chi connectivity index (χ1n) is 7.85. The summed E-state index contributed by atoms with van der Waals surface area (Å²) in [5.74, 6) is 1.49. The summed E-state index contributed by atoms with van der Waals surface area (Å²) in [7, 11) is 0. The lowest BCUT2D eigenvalue weighted by Gasteiger charge is -2.35. The average Bonchev–Trinajstić information content (AvgIpc) is 3.04. The Morgan fingerprint density at radius 3 is 2.91 bits per heavy atom. The Bertz CT molecular complexity index is 665. The molecule has 0 spiro atoms. The summed E-state index contributed by atoms with van der Waals surface area (Å²) in [6.45, 7) is 3.64. The molecule has 2 aromatic rings. The van der Waals surface area contributed by atoms with Gasteiger partial charge in [-0.1, -0.05) is 36.2 Å². The molecule has 3 rings (SSSR count). The first kappa shape index (κ1) is 16.8. The van der Waals surface area contributed by atoms with Gasteiger partial charge in [-0.25, -0.2) is 0 Å². The number of halogens is 2. The van der Waals surface area contributed by atoms with Gasteiger partial charge in [0.05, 0.1) is 21.8 Å². The molecule has 0 bridgehead atoms. The zero-order valence-corrected chi connectivity index (χ0v) is 15.3. The Hall–Kier alpha value is -1.04. The highest BCUT2D eigenvalue weighted by molar-refractivity contribution is 6.99. The third kappa shape index (κ3) is 3.90. The van der Waals surface area contributed by atoms with Crippen molar-refractivity contribution >= 4 is 40.7 Å². The Labute approximate surface area is 150 Å². The third-order valence-electron chi connectivity index (χ3n) is 4.17. The predicted molar refractivity (Wildman–Crippen MR) is 96.0 cm³/mol. The van der Waals surface area contributed by atoms with Crippen molar-refractivity contribution in [3.05, 3.63) is 33.8 Å². The van der Waals surface area contributed by atoms with Crippen LogP contribution in [0.25, 0.3) is 0 Å². The number of hydrogen-bond donors (Lipinski definition) is 0. The van der Waals surface area contributed by atoms with Gasteiger partial charge in [0, 0.05) is 12.6 Å². The van der Waals surface area contributed by atoms with Gasteiger partial charge in [-0.15, -0.1) is 4.37 Å². The quantitative estimate of drug-likeness (QED) is 0.724. The molecule has 2 heterocycles. The minimum Gasteiger partial charge on any atom is -0.470 e. The van der Waals surface area contributed by atoms with Gasteiger partial charge in [-0.2, -0.15) is 4.37 Å². The maximum absolute atomic E-state index is 6.04. The summed E-state index contributed by atoms with van der Waals surface area (Å²) < 4.78 is 14.7. The number of hydrogen-bond acceptors (Lipinski definition) is 5. The van der Waals surface area contributed by atoms with Crippen LogP contribution in [0.4, 0.5) is 5.82 Å². The topological polar surface area (TPSA) is 38.2 Å². The number of benzene rings is 1. The fourth-order valence-corrected chi connectivity index (χ4v) is 3.76. The van der Waals surface area contributed by atoms with Gasteiger partial charge < -0.3 is 9.64 Å². The number of nitrogens with zero attached hydrogens (tertiary/aromatic N) is 3. The van der Waals surface area contributed by atoms with Crippen molar-refractivity contribution in [1.82, 2.24) is 8.75 Å². The maximum atomic E-state index is 6.04. The normalized spacial score (nSPS) is 18.2. The molecular formula is C16H19Cl2N3OS. The van der Waals surface area contributed by atoms with E-state index in [0.29, 0.717) is 28.6 Å². The molecule has 0 radical (unpaired) electrons. The molecule has 0 aliphatic carbocycles. The molecule has 1 aromatic heterocycles. The van der Waals surface area contributed by atoms with Gasteiger partial charge in [0.1, 0.15) is 6.61 Å². The van der Waals surface area contributed by atoms with Crippen molar-refractivity contribution in [2.45, 2.75) is 45.3 Å². The van der Waals surface area contributed by atoms with Crippen molar-refractivity contribution in [2.75, 3.05) is 11.4 Å². The van der Waals surface area contributed by atoms with Crippen LogP contribution in [0.1, 0.15) is 38.2 Å².